The monoisotopic (exact) mass is 572 g/mol. The van der Waals surface area contributed by atoms with Crippen molar-refractivity contribution in [2.75, 3.05) is 19.7 Å². The van der Waals surface area contributed by atoms with E-state index < -0.39 is 8.32 Å². The summed E-state index contributed by atoms with van der Waals surface area (Å²) in [5.41, 5.74) is 4.20. The fourth-order valence-electron chi connectivity index (χ4n) is 5.44. The molecule has 1 fully saturated rings. The van der Waals surface area contributed by atoms with E-state index >= 15 is 0 Å². The normalized spacial score (nSPS) is 19.5. The van der Waals surface area contributed by atoms with Crippen molar-refractivity contribution < 1.29 is 14.0 Å². The van der Waals surface area contributed by atoms with Gasteiger partial charge in [0.1, 0.15) is 5.75 Å². The molecular formula is C35H48N2O3Si. The number of esters is 1. The quantitative estimate of drug-likeness (QED) is 0.192. The maximum absolute atomic E-state index is 12.7. The highest BCUT2D eigenvalue weighted by Crippen LogP contribution is 2.39. The van der Waals surface area contributed by atoms with E-state index in [4.69, 9.17) is 9.16 Å². The molecule has 0 spiro atoms. The summed E-state index contributed by atoms with van der Waals surface area (Å²) in [5, 5.41) is 0.107. The van der Waals surface area contributed by atoms with E-state index in [-0.39, 0.29) is 17.0 Å². The van der Waals surface area contributed by atoms with Crippen LogP contribution in [0, 0.1) is 0 Å². The Morgan fingerprint density at radius 3 is 2.22 bits per heavy atom. The molecule has 1 saturated heterocycles. The van der Waals surface area contributed by atoms with Crippen LogP contribution in [0.25, 0.3) is 0 Å². The van der Waals surface area contributed by atoms with Gasteiger partial charge in [-0.15, -0.1) is 0 Å². The maximum Gasteiger partial charge on any atom is 0.338 e. The summed E-state index contributed by atoms with van der Waals surface area (Å²) in [5.74, 6) is 0.640. The molecule has 0 bridgehead atoms. The SMILES string of the molecule is CCOC(=O)c1cccc([C@H](c2cccc(O[Si](C)(C)C(C)(C)C)c2)N2C[C@@H](C)N(Cc3ccccc3)C[C@@H]2C)c1. The molecule has 0 radical (unpaired) electrons. The van der Waals surface area contributed by atoms with Crippen LogP contribution in [-0.4, -0.2) is 55.9 Å². The van der Waals surface area contributed by atoms with Crippen LogP contribution in [0.4, 0.5) is 0 Å². The van der Waals surface area contributed by atoms with Crippen molar-refractivity contribution in [1.29, 1.82) is 0 Å². The Hall–Kier alpha value is -2.93. The summed E-state index contributed by atoms with van der Waals surface area (Å²) in [7, 11) is -2.01. The highest BCUT2D eigenvalue weighted by atomic mass is 28.4. The highest BCUT2D eigenvalue weighted by molar-refractivity contribution is 6.74. The number of nitrogens with zero attached hydrogens (tertiary/aromatic N) is 2. The minimum Gasteiger partial charge on any atom is -0.543 e. The zero-order valence-corrected chi connectivity index (χ0v) is 27.2. The molecule has 5 nitrogen and oxygen atoms in total. The predicted molar refractivity (Wildman–Crippen MR) is 171 cm³/mol. The number of rotatable bonds is 9. The first-order valence-corrected chi connectivity index (χ1v) is 17.9. The number of hydrogen-bond acceptors (Lipinski definition) is 5. The van der Waals surface area contributed by atoms with E-state index in [0.29, 0.717) is 24.3 Å². The molecule has 0 saturated carbocycles. The Kier molecular flexibility index (Phi) is 9.78. The molecule has 3 aromatic carbocycles. The third-order valence-corrected chi connectivity index (χ3v) is 13.1. The largest absolute Gasteiger partial charge is 0.543 e. The summed E-state index contributed by atoms with van der Waals surface area (Å²) < 4.78 is 12.1. The number of carbonyl (C=O) groups is 1. The second kappa shape index (κ2) is 12.9. The van der Waals surface area contributed by atoms with Crippen LogP contribution in [0.15, 0.2) is 78.9 Å². The summed E-state index contributed by atoms with van der Waals surface area (Å²) in [6.45, 7) is 21.0. The van der Waals surface area contributed by atoms with Gasteiger partial charge in [0, 0.05) is 31.7 Å². The average molecular weight is 573 g/mol. The molecule has 1 aliphatic heterocycles. The molecule has 41 heavy (non-hydrogen) atoms. The van der Waals surface area contributed by atoms with E-state index in [0.717, 1.165) is 30.9 Å². The van der Waals surface area contributed by atoms with Crippen molar-refractivity contribution >= 4 is 14.3 Å². The zero-order chi connectivity index (χ0) is 29.8. The molecule has 0 amide bonds. The Balaban J connectivity index is 1.70. The summed E-state index contributed by atoms with van der Waals surface area (Å²) >= 11 is 0. The van der Waals surface area contributed by atoms with Crippen LogP contribution in [0.2, 0.25) is 18.1 Å². The van der Waals surface area contributed by atoms with Crippen LogP contribution in [0.1, 0.15) is 74.6 Å². The number of benzene rings is 3. The second-order valence-corrected chi connectivity index (χ2v) is 17.7. The van der Waals surface area contributed by atoms with E-state index in [1.807, 2.05) is 25.1 Å². The van der Waals surface area contributed by atoms with Gasteiger partial charge < -0.3 is 9.16 Å². The van der Waals surface area contributed by atoms with Gasteiger partial charge in [0.05, 0.1) is 18.2 Å². The number of carbonyl (C=O) groups excluding carboxylic acids is 1. The molecule has 1 heterocycles. The fourth-order valence-corrected chi connectivity index (χ4v) is 6.47. The number of piperazine rings is 1. The van der Waals surface area contributed by atoms with Gasteiger partial charge in [0.25, 0.3) is 0 Å². The predicted octanol–water partition coefficient (Wildman–Crippen LogP) is 7.93. The van der Waals surface area contributed by atoms with Crippen molar-refractivity contribution in [3.8, 4) is 5.75 Å². The second-order valence-electron chi connectivity index (χ2n) is 13.0. The Bertz CT molecular complexity index is 1300. The first-order chi connectivity index (χ1) is 19.4. The van der Waals surface area contributed by atoms with Gasteiger partial charge in [0.2, 0.25) is 8.32 Å². The fraction of sp³-hybridized carbons (Fsp3) is 0.457. The van der Waals surface area contributed by atoms with Crippen molar-refractivity contribution in [3.05, 3.63) is 101 Å². The lowest BCUT2D eigenvalue weighted by molar-refractivity contribution is 0.0195. The van der Waals surface area contributed by atoms with Gasteiger partial charge in [-0.25, -0.2) is 4.79 Å². The minimum absolute atomic E-state index is 0.0244. The Morgan fingerprint density at radius 1 is 0.902 bits per heavy atom. The van der Waals surface area contributed by atoms with Gasteiger partial charge in [0.15, 0.2) is 0 Å². The van der Waals surface area contributed by atoms with E-state index in [2.05, 4.69) is 118 Å². The molecule has 220 valence electrons. The third-order valence-electron chi connectivity index (χ3n) is 8.79. The molecule has 0 aromatic heterocycles. The minimum atomic E-state index is -2.01. The van der Waals surface area contributed by atoms with Crippen LogP contribution in [0.3, 0.4) is 0 Å². The lowest BCUT2D eigenvalue weighted by atomic mass is 9.92. The number of hydrogen-bond donors (Lipinski definition) is 0. The first-order valence-electron chi connectivity index (χ1n) is 15.0. The summed E-state index contributed by atoms with van der Waals surface area (Å²) in [6.07, 6.45) is 0. The van der Waals surface area contributed by atoms with Crippen molar-refractivity contribution in [2.24, 2.45) is 0 Å². The van der Waals surface area contributed by atoms with Gasteiger partial charge in [-0.1, -0.05) is 75.4 Å². The maximum atomic E-state index is 12.7. The first kappa shape index (κ1) is 31.0. The van der Waals surface area contributed by atoms with Crippen LogP contribution < -0.4 is 4.43 Å². The van der Waals surface area contributed by atoms with E-state index in [1.165, 1.54) is 11.1 Å². The summed E-state index contributed by atoms with van der Waals surface area (Å²) in [4.78, 5) is 17.9. The van der Waals surface area contributed by atoms with Crippen LogP contribution in [0.5, 0.6) is 5.75 Å². The van der Waals surface area contributed by atoms with E-state index in [9.17, 15) is 4.79 Å². The molecule has 0 aliphatic carbocycles. The average Bonchev–Trinajstić information content (AvgIpc) is 2.92. The topological polar surface area (TPSA) is 42.0 Å². The van der Waals surface area contributed by atoms with Gasteiger partial charge in [-0.2, -0.15) is 0 Å². The van der Waals surface area contributed by atoms with Gasteiger partial charge in [-0.3, -0.25) is 9.80 Å². The van der Waals surface area contributed by atoms with Crippen LogP contribution in [-0.2, 0) is 11.3 Å². The third kappa shape index (κ3) is 7.48. The Labute approximate surface area is 248 Å². The van der Waals surface area contributed by atoms with Gasteiger partial charge in [-0.05, 0) is 79.9 Å². The van der Waals surface area contributed by atoms with Crippen molar-refractivity contribution in [3.63, 3.8) is 0 Å². The number of ether oxygens (including phenoxy) is 1. The molecule has 0 unspecified atom stereocenters. The van der Waals surface area contributed by atoms with Gasteiger partial charge >= 0.3 is 5.97 Å². The Morgan fingerprint density at radius 2 is 1.56 bits per heavy atom. The highest BCUT2D eigenvalue weighted by Gasteiger charge is 2.39. The van der Waals surface area contributed by atoms with Crippen molar-refractivity contribution in [1.82, 2.24) is 9.80 Å². The molecule has 3 atom stereocenters. The zero-order valence-electron chi connectivity index (χ0n) is 26.2. The standard InChI is InChI=1S/C35H48N2O3Si/c1-9-39-34(38)31-19-13-17-29(21-31)33(30-18-14-20-32(22-30)40-41(7,8)35(4,5)6)37-24-26(2)36(23-27(37)3)25-28-15-11-10-12-16-28/h10-22,26-27,33H,9,23-25H2,1-8H3/t26-,27+,33-/m1/s1. The van der Waals surface area contributed by atoms with Crippen molar-refractivity contribution in [2.45, 2.75) is 84.3 Å². The smallest absolute Gasteiger partial charge is 0.338 e. The lowest BCUT2D eigenvalue weighted by Crippen LogP contribution is -2.56. The molecule has 1 aliphatic rings. The van der Waals surface area contributed by atoms with Crippen LogP contribution >= 0.6 is 0 Å². The lowest BCUT2D eigenvalue weighted by Gasteiger charge is -2.48. The molecular weight excluding hydrogens is 524 g/mol. The molecule has 4 rings (SSSR count). The van der Waals surface area contributed by atoms with E-state index in [1.54, 1.807) is 0 Å². The molecule has 3 aromatic rings. The summed E-state index contributed by atoms with van der Waals surface area (Å²) in [6, 6.07) is 28.0. The molecule has 0 N–H and O–H groups in total. The molecule has 6 heteroatoms.